The molecule has 1 heterocycles. The van der Waals surface area contributed by atoms with Crippen LogP contribution in [0.3, 0.4) is 0 Å². The Labute approximate surface area is 149 Å². The highest BCUT2D eigenvalue weighted by Gasteiger charge is 2.35. The molecular weight excluding hydrogens is 343 g/mol. The zero-order valence-corrected chi connectivity index (χ0v) is 14.4. The van der Waals surface area contributed by atoms with E-state index in [-0.39, 0.29) is 12.1 Å². The van der Waals surface area contributed by atoms with Gasteiger partial charge in [0.05, 0.1) is 11.3 Å². The molecule has 26 heavy (non-hydrogen) atoms. The summed E-state index contributed by atoms with van der Waals surface area (Å²) in [7, 11) is 0. The second-order valence-corrected chi connectivity index (χ2v) is 6.10. The van der Waals surface area contributed by atoms with Gasteiger partial charge in [-0.25, -0.2) is 0 Å². The molecule has 1 aliphatic rings. The van der Waals surface area contributed by atoms with Gasteiger partial charge in [0.1, 0.15) is 12.6 Å². The number of nitrogens with zero attached hydrogens (tertiary/aromatic N) is 1. The lowest BCUT2D eigenvalue weighted by Crippen LogP contribution is -2.32. The fourth-order valence-electron chi connectivity index (χ4n) is 3.16. The standard InChI is InChI=1S/C20H18F3NO2/c1-3-13-6-4-5-7-15(13)16-9-8-14(10-17(16)20(21,22)23)19-12(2)26-18(25)11-24-19/h4-10,12H,3,11H2,1-2H3/t12-/m0/s1. The SMILES string of the molecule is CCc1ccccc1-c1ccc(C2=NCC(=O)O[C@H]2C)cc1C(F)(F)F. The first kappa shape index (κ1) is 18.2. The number of rotatable bonds is 3. The summed E-state index contributed by atoms with van der Waals surface area (Å²) < 4.78 is 46.3. The molecule has 0 saturated carbocycles. The predicted molar refractivity (Wildman–Crippen MR) is 93.2 cm³/mol. The maximum Gasteiger partial charge on any atom is 0.417 e. The number of carbonyl (C=O) groups is 1. The number of cyclic esters (lactones) is 1. The number of esters is 1. The molecular formula is C20H18F3NO2. The van der Waals surface area contributed by atoms with Crippen molar-refractivity contribution in [3.8, 4) is 11.1 Å². The summed E-state index contributed by atoms with van der Waals surface area (Å²) in [6, 6.07) is 11.2. The molecule has 0 saturated heterocycles. The number of aliphatic imine (C=N–C) groups is 1. The Balaban J connectivity index is 2.15. The zero-order valence-electron chi connectivity index (χ0n) is 14.4. The minimum absolute atomic E-state index is 0.139. The molecule has 136 valence electrons. The van der Waals surface area contributed by atoms with Crippen LogP contribution in [0, 0.1) is 0 Å². The van der Waals surface area contributed by atoms with Gasteiger partial charge in [-0.15, -0.1) is 0 Å². The van der Waals surface area contributed by atoms with Crippen molar-refractivity contribution in [3.63, 3.8) is 0 Å². The van der Waals surface area contributed by atoms with Gasteiger partial charge in [-0.05, 0) is 41.7 Å². The van der Waals surface area contributed by atoms with Crippen molar-refractivity contribution in [3.05, 3.63) is 59.2 Å². The lowest BCUT2D eigenvalue weighted by Gasteiger charge is -2.22. The number of hydrogen-bond donors (Lipinski definition) is 0. The fourth-order valence-corrected chi connectivity index (χ4v) is 3.16. The average Bonchev–Trinajstić information content (AvgIpc) is 2.60. The number of benzene rings is 2. The van der Waals surface area contributed by atoms with E-state index in [4.69, 9.17) is 4.74 Å². The van der Waals surface area contributed by atoms with Crippen molar-refractivity contribution in [2.24, 2.45) is 4.99 Å². The molecule has 0 amide bonds. The summed E-state index contributed by atoms with van der Waals surface area (Å²) >= 11 is 0. The molecule has 1 aliphatic heterocycles. The number of hydrogen-bond acceptors (Lipinski definition) is 3. The van der Waals surface area contributed by atoms with E-state index >= 15 is 0 Å². The highest BCUT2D eigenvalue weighted by molar-refractivity contribution is 6.07. The van der Waals surface area contributed by atoms with Gasteiger partial charge in [-0.3, -0.25) is 9.79 Å². The Kier molecular flexibility index (Phi) is 4.85. The molecule has 3 nitrogen and oxygen atoms in total. The summed E-state index contributed by atoms with van der Waals surface area (Å²) in [6.07, 6.45) is -4.55. The van der Waals surface area contributed by atoms with Crippen LogP contribution in [-0.4, -0.2) is 24.3 Å². The minimum atomic E-state index is -4.51. The lowest BCUT2D eigenvalue weighted by molar-refractivity contribution is -0.144. The molecule has 0 radical (unpaired) electrons. The van der Waals surface area contributed by atoms with E-state index in [1.54, 1.807) is 25.1 Å². The number of aryl methyl sites for hydroxylation is 1. The molecule has 3 rings (SSSR count). The predicted octanol–water partition coefficient (Wildman–Crippen LogP) is 4.67. The average molecular weight is 361 g/mol. The minimum Gasteiger partial charge on any atom is -0.455 e. The molecule has 0 spiro atoms. The van der Waals surface area contributed by atoms with E-state index < -0.39 is 23.8 Å². The van der Waals surface area contributed by atoms with Crippen molar-refractivity contribution < 1.29 is 22.7 Å². The Bertz CT molecular complexity index is 872. The van der Waals surface area contributed by atoms with Crippen LogP contribution in [0.1, 0.15) is 30.5 Å². The largest absolute Gasteiger partial charge is 0.455 e. The van der Waals surface area contributed by atoms with Crippen LogP contribution >= 0.6 is 0 Å². The van der Waals surface area contributed by atoms with Gasteiger partial charge in [-0.1, -0.05) is 43.3 Å². The van der Waals surface area contributed by atoms with Crippen LogP contribution in [0.2, 0.25) is 0 Å². The number of alkyl halides is 3. The third-order valence-electron chi connectivity index (χ3n) is 4.38. The first-order chi connectivity index (χ1) is 12.3. The molecule has 6 heteroatoms. The fraction of sp³-hybridized carbons (Fsp3) is 0.300. The number of halogens is 3. The van der Waals surface area contributed by atoms with Gasteiger partial charge in [0, 0.05) is 0 Å². The monoisotopic (exact) mass is 361 g/mol. The first-order valence-corrected chi connectivity index (χ1v) is 8.35. The lowest BCUT2D eigenvalue weighted by atomic mass is 9.91. The maximum absolute atomic E-state index is 13.8. The van der Waals surface area contributed by atoms with Crippen LogP contribution in [0.5, 0.6) is 0 Å². The van der Waals surface area contributed by atoms with Gasteiger partial charge < -0.3 is 4.74 Å². The zero-order chi connectivity index (χ0) is 18.9. The summed E-state index contributed by atoms with van der Waals surface area (Å²) in [5, 5.41) is 0. The smallest absolute Gasteiger partial charge is 0.417 e. The van der Waals surface area contributed by atoms with E-state index in [1.807, 2.05) is 19.1 Å². The van der Waals surface area contributed by atoms with Crippen LogP contribution in [0.25, 0.3) is 11.1 Å². The summed E-state index contributed by atoms with van der Waals surface area (Å²) in [6.45, 7) is 3.33. The summed E-state index contributed by atoms with van der Waals surface area (Å²) in [4.78, 5) is 15.4. The van der Waals surface area contributed by atoms with Gasteiger partial charge in [0.15, 0.2) is 0 Å². The van der Waals surface area contributed by atoms with E-state index in [0.717, 1.165) is 11.6 Å². The van der Waals surface area contributed by atoms with Crippen LogP contribution < -0.4 is 0 Å². The molecule has 0 fully saturated rings. The van der Waals surface area contributed by atoms with E-state index in [9.17, 15) is 18.0 Å². The van der Waals surface area contributed by atoms with Crippen molar-refractivity contribution >= 4 is 11.7 Å². The Morgan fingerprint density at radius 3 is 2.54 bits per heavy atom. The highest BCUT2D eigenvalue weighted by Crippen LogP contribution is 2.39. The molecule has 2 aromatic carbocycles. The van der Waals surface area contributed by atoms with E-state index in [0.29, 0.717) is 23.3 Å². The molecule has 0 aliphatic carbocycles. The quantitative estimate of drug-likeness (QED) is 0.745. The van der Waals surface area contributed by atoms with Gasteiger partial charge in [0.25, 0.3) is 0 Å². The van der Waals surface area contributed by atoms with E-state index in [1.165, 1.54) is 6.07 Å². The third-order valence-corrected chi connectivity index (χ3v) is 4.38. The van der Waals surface area contributed by atoms with Gasteiger partial charge in [0.2, 0.25) is 0 Å². The second-order valence-electron chi connectivity index (χ2n) is 6.10. The molecule has 0 bridgehead atoms. The molecule has 0 N–H and O–H groups in total. The third kappa shape index (κ3) is 3.49. The van der Waals surface area contributed by atoms with Crippen molar-refractivity contribution in [1.29, 1.82) is 0 Å². The number of carbonyl (C=O) groups excluding carboxylic acids is 1. The summed E-state index contributed by atoms with van der Waals surface area (Å²) in [5.74, 6) is -0.481. The number of ether oxygens (including phenoxy) is 1. The second kappa shape index (κ2) is 6.94. The molecule has 0 unspecified atom stereocenters. The molecule has 2 aromatic rings. The molecule has 0 aromatic heterocycles. The Hall–Kier alpha value is -2.63. The van der Waals surface area contributed by atoms with E-state index in [2.05, 4.69) is 4.99 Å². The summed E-state index contributed by atoms with van der Waals surface area (Å²) in [5.41, 5.74) is 1.50. The van der Waals surface area contributed by atoms with Crippen molar-refractivity contribution in [1.82, 2.24) is 0 Å². The highest BCUT2D eigenvalue weighted by atomic mass is 19.4. The van der Waals surface area contributed by atoms with Gasteiger partial charge in [-0.2, -0.15) is 13.2 Å². The first-order valence-electron chi connectivity index (χ1n) is 8.35. The Morgan fingerprint density at radius 2 is 1.88 bits per heavy atom. The Morgan fingerprint density at radius 1 is 1.15 bits per heavy atom. The maximum atomic E-state index is 13.8. The van der Waals surface area contributed by atoms with Gasteiger partial charge >= 0.3 is 12.1 Å². The normalized spacial score (nSPS) is 17.7. The van der Waals surface area contributed by atoms with Crippen molar-refractivity contribution in [2.75, 3.05) is 6.54 Å². The molecule has 1 atom stereocenters. The van der Waals surface area contributed by atoms with Crippen molar-refractivity contribution in [2.45, 2.75) is 32.5 Å². The van der Waals surface area contributed by atoms with Crippen LogP contribution in [0.4, 0.5) is 13.2 Å². The van der Waals surface area contributed by atoms with Crippen LogP contribution in [0.15, 0.2) is 47.5 Å². The van der Waals surface area contributed by atoms with Crippen LogP contribution in [-0.2, 0) is 22.1 Å². The topological polar surface area (TPSA) is 38.7 Å².